The Morgan fingerprint density at radius 2 is 1.76 bits per heavy atom. The molecular formula is C18H17N3O4. The van der Waals surface area contributed by atoms with Gasteiger partial charge in [-0.2, -0.15) is 4.57 Å². The zero-order valence-corrected chi connectivity index (χ0v) is 13.6. The number of rotatable bonds is 4. The van der Waals surface area contributed by atoms with E-state index in [0.29, 0.717) is 15.5 Å². The topological polar surface area (TPSA) is 93.3 Å². The summed E-state index contributed by atoms with van der Waals surface area (Å²) in [5.74, 6) is -0.421. The number of nitrogens with one attached hydrogen (secondary N) is 1. The molecule has 128 valence electrons. The van der Waals surface area contributed by atoms with Gasteiger partial charge in [-0.05, 0) is 36.4 Å². The molecule has 0 aliphatic heterocycles. The highest BCUT2D eigenvalue weighted by molar-refractivity contribution is 5.84. The van der Waals surface area contributed by atoms with E-state index in [1.165, 1.54) is 23.7 Å². The average molecular weight is 339 g/mol. The van der Waals surface area contributed by atoms with Crippen LogP contribution in [-0.2, 0) is 7.05 Å². The van der Waals surface area contributed by atoms with E-state index in [0.717, 1.165) is 5.69 Å². The molecule has 0 amide bonds. The van der Waals surface area contributed by atoms with E-state index in [1.807, 2.05) is 0 Å². The molecule has 3 rings (SSSR count). The first-order chi connectivity index (χ1) is 12.0. The molecule has 0 saturated carbocycles. The van der Waals surface area contributed by atoms with E-state index < -0.39 is 17.2 Å². The highest BCUT2D eigenvalue weighted by atomic mass is 16.3. The van der Waals surface area contributed by atoms with Gasteiger partial charge in [-0.3, -0.25) is 14.2 Å². The fourth-order valence-corrected chi connectivity index (χ4v) is 2.63. The molecule has 1 aromatic heterocycles. The standard InChI is InChI=1S/C18H17N3O4/c1-20-15-5-3-2-4-14(15)17(24)21(18(20)25)16(23)10-11-19-12-6-8-13(22)9-7-12/h2-9,19,22H,10-11H2,1H3. The first-order valence-electron chi connectivity index (χ1n) is 7.76. The summed E-state index contributed by atoms with van der Waals surface area (Å²) in [6.45, 7) is 0.256. The summed E-state index contributed by atoms with van der Waals surface area (Å²) in [4.78, 5) is 37.3. The number of hydrogen-bond donors (Lipinski definition) is 2. The lowest BCUT2D eigenvalue weighted by atomic mass is 10.2. The van der Waals surface area contributed by atoms with Gasteiger partial charge >= 0.3 is 5.69 Å². The van der Waals surface area contributed by atoms with E-state index in [1.54, 1.807) is 36.4 Å². The van der Waals surface area contributed by atoms with Crippen LogP contribution in [0.5, 0.6) is 5.75 Å². The van der Waals surface area contributed by atoms with Crippen LogP contribution in [0.15, 0.2) is 58.1 Å². The maximum atomic E-state index is 12.5. The van der Waals surface area contributed by atoms with Gasteiger partial charge in [-0.1, -0.05) is 12.1 Å². The van der Waals surface area contributed by atoms with E-state index in [2.05, 4.69) is 5.32 Å². The summed E-state index contributed by atoms with van der Waals surface area (Å²) in [5, 5.41) is 12.6. The molecule has 0 atom stereocenters. The summed E-state index contributed by atoms with van der Waals surface area (Å²) in [7, 11) is 1.53. The number of aromatic nitrogens is 2. The third-order valence-electron chi connectivity index (χ3n) is 3.96. The first-order valence-corrected chi connectivity index (χ1v) is 7.76. The zero-order chi connectivity index (χ0) is 18.0. The molecule has 0 aliphatic carbocycles. The number of benzene rings is 2. The second kappa shape index (κ2) is 6.64. The number of anilines is 1. The Morgan fingerprint density at radius 3 is 2.48 bits per heavy atom. The van der Waals surface area contributed by atoms with Crippen LogP contribution in [0, 0.1) is 0 Å². The predicted octanol–water partition coefficient (Wildman–Crippen LogP) is 1.55. The molecule has 0 unspecified atom stereocenters. The van der Waals surface area contributed by atoms with E-state index in [9.17, 15) is 19.5 Å². The van der Waals surface area contributed by atoms with E-state index >= 15 is 0 Å². The SMILES string of the molecule is Cn1c(=O)n(C(=O)CCNc2ccc(O)cc2)c(=O)c2ccccc21. The van der Waals surface area contributed by atoms with Crippen LogP contribution in [0.4, 0.5) is 5.69 Å². The second-order valence-corrected chi connectivity index (χ2v) is 5.62. The molecule has 2 N–H and O–H groups in total. The van der Waals surface area contributed by atoms with Crippen molar-refractivity contribution in [3.05, 3.63) is 69.4 Å². The van der Waals surface area contributed by atoms with Gasteiger partial charge in [0, 0.05) is 25.7 Å². The number of nitrogens with zero attached hydrogens (tertiary/aromatic N) is 2. The molecule has 3 aromatic rings. The lowest BCUT2D eigenvalue weighted by Gasteiger charge is -2.10. The Hall–Kier alpha value is -3.35. The van der Waals surface area contributed by atoms with Crippen molar-refractivity contribution in [3.63, 3.8) is 0 Å². The molecule has 2 aromatic carbocycles. The Morgan fingerprint density at radius 1 is 1.08 bits per heavy atom. The second-order valence-electron chi connectivity index (χ2n) is 5.62. The average Bonchev–Trinajstić information content (AvgIpc) is 2.62. The predicted molar refractivity (Wildman–Crippen MR) is 95.3 cm³/mol. The maximum absolute atomic E-state index is 12.5. The molecule has 0 radical (unpaired) electrons. The van der Waals surface area contributed by atoms with Gasteiger partial charge in [-0.15, -0.1) is 0 Å². The van der Waals surface area contributed by atoms with Gasteiger partial charge in [0.2, 0.25) is 5.91 Å². The smallest absolute Gasteiger partial charge is 0.338 e. The lowest BCUT2D eigenvalue weighted by Crippen LogP contribution is -2.43. The van der Waals surface area contributed by atoms with Crippen LogP contribution in [0.25, 0.3) is 10.9 Å². The molecule has 0 spiro atoms. The molecule has 25 heavy (non-hydrogen) atoms. The molecule has 1 heterocycles. The molecule has 0 saturated heterocycles. The number of para-hydroxylation sites is 1. The van der Waals surface area contributed by atoms with Crippen LogP contribution in [-0.4, -0.2) is 26.7 Å². The fraction of sp³-hybridized carbons (Fsp3) is 0.167. The van der Waals surface area contributed by atoms with Crippen molar-refractivity contribution in [2.75, 3.05) is 11.9 Å². The third kappa shape index (κ3) is 3.16. The van der Waals surface area contributed by atoms with Crippen molar-refractivity contribution >= 4 is 22.5 Å². The van der Waals surface area contributed by atoms with Crippen LogP contribution < -0.4 is 16.6 Å². The Bertz CT molecular complexity index is 1050. The summed E-state index contributed by atoms with van der Waals surface area (Å²) >= 11 is 0. The molecule has 7 heteroatoms. The van der Waals surface area contributed by atoms with Gasteiger partial charge in [0.15, 0.2) is 0 Å². The van der Waals surface area contributed by atoms with Gasteiger partial charge in [0.1, 0.15) is 5.75 Å². The number of hydrogen-bond acceptors (Lipinski definition) is 5. The first kappa shape index (κ1) is 16.5. The number of fused-ring (bicyclic) bond motifs is 1. The van der Waals surface area contributed by atoms with E-state index in [4.69, 9.17) is 0 Å². The summed E-state index contributed by atoms with van der Waals surface area (Å²) < 4.78 is 1.98. The number of phenolic OH excluding ortho intramolecular Hbond substituents is 1. The van der Waals surface area contributed by atoms with Crippen molar-refractivity contribution < 1.29 is 9.90 Å². The summed E-state index contributed by atoms with van der Waals surface area (Å²) in [6, 6.07) is 13.1. The molecule has 0 fully saturated rings. The summed E-state index contributed by atoms with van der Waals surface area (Å²) in [5.41, 5.74) is -0.0419. The molecular weight excluding hydrogens is 322 g/mol. The third-order valence-corrected chi connectivity index (χ3v) is 3.96. The highest BCUT2D eigenvalue weighted by Gasteiger charge is 2.16. The Labute approximate surface area is 142 Å². The Kier molecular flexibility index (Phi) is 4.38. The molecule has 7 nitrogen and oxygen atoms in total. The van der Waals surface area contributed by atoms with Gasteiger partial charge in [-0.25, -0.2) is 4.79 Å². The number of carbonyl (C=O) groups is 1. The number of phenols is 1. The number of carbonyl (C=O) groups excluding carboxylic acids is 1. The van der Waals surface area contributed by atoms with Crippen LogP contribution >= 0.6 is 0 Å². The van der Waals surface area contributed by atoms with Crippen LogP contribution in [0.2, 0.25) is 0 Å². The number of aromatic hydroxyl groups is 1. The largest absolute Gasteiger partial charge is 0.508 e. The van der Waals surface area contributed by atoms with Crippen LogP contribution in [0.1, 0.15) is 11.2 Å². The fourth-order valence-electron chi connectivity index (χ4n) is 2.63. The number of aryl methyl sites for hydroxylation is 1. The van der Waals surface area contributed by atoms with Crippen molar-refractivity contribution in [3.8, 4) is 5.75 Å². The lowest BCUT2D eigenvalue weighted by molar-refractivity contribution is 0.0896. The molecule has 0 bridgehead atoms. The maximum Gasteiger partial charge on any atom is 0.338 e. The minimum Gasteiger partial charge on any atom is -0.508 e. The molecule has 0 aliphatic rings. The van der Waals surface area contributed by atoms with Crippen molar-refractivity contribution in [2.24, 2.45) is 7.05 Å². The van der Waals surface area contributed by atoms with Gasteiger partial charge in [0.05, 0.1) is 10.9 Å². The zero-order valence-electron chi connectivity index (χ0n) is 13.6. The van der Waals surface area contributed by atoms with Crippen LogP contribution in [0.3, 0.4) is 0 Å². The summed E-state index contributed by atoms with van der Waals surface area (Å²) in [6.07, 6.45) is -0.0195. The van der Waals surface area contributed by atoms with Crippen molar-refractivity contribution in [1.29, 1.82) is 0 Å². The highest BCUT2D eigenvalue weighted by Crippen LogP contribution is 2.13. The quantitative estimate of drug-likeness (QED) is 0.704. The van der Waals surface area contributed by atoms with Gasteiger partial charge < -0.3 is 10.4 Å². The van der Waals surface area contributed by atoms with E-state index in [-0.39, 0.29) is 18.7 Å². The van der Waals surface area contributed by atoms with Crippen molar-refractivity contribution in [1.82, 2.24) is 9.13 Å². The van der Waals surface area contributed by atoms with Crippen molar-refractivity contribution in [2.45, 2.75) is 6.42 Å². The van der Waals surface area contributed by atoms with Gasteiger partial charge in [0.25, 0.3) is 5.56 Å². The monoisotopic (exact) mass is 339 g/mol. The normalized spacial score (nSPS) is 10.8. The Balaban J connectivity index is 1.84. The minimum atomic E-state index is -0.654. The minimum absolute atomic E-state index is 0.0195.